The number of ether oxygens (including phenoxy) is 3. The Morgan fingerprint density at radius 2 is 2.14 bits per heavy atom. The smallest absolute Gasteiger partial charge is 0.201 e. The Hall–Kier alpha value is -3.45. The van der Waals surface area contributed by atoms with E-state index in [9.17, 15) is 15.0 Å². The minimum atomic E-state index is -0.355. The number of aromatic hydroxyl groups is 1. The molecule has 0 fully saturated rings. The Kier molecular flexibility index (Phi) is 3.82. The first kappa shape index (κ1) is 17.6. The van der Waals surface area contributed by atoms with Gasteiger partial charge in [-0.1, -0.05) is 6.58 Å². The monoisotopic (exact) mass is 394 g/mol. The molecule has 7 nitrogen and oxygen atoms in total. The topological polar surface area (TPSA) is 98.4 Å². The summed E-state index contributed by atoms with van der Waals surface area (Å²) in [6.07, 6.45) is 0.110. The van der Waals surface area contributed by atoms with Gasteiger partial charge in [0, 0.05) is 23.6 Å². The third-order valence-electron chi connectivity index (χ3n) is 5.42. The summed E-state index contributed by atoms with van der Waals surface area (Å²) in [7, 11) is 1.44. The highest BCUT2D eigenvalue weighted by Gasteiger charge is 2.31. The molecule has 0 saturated heterocycles. The second kappa shape index (κ2) is 6.28. The quantitative estimate of drug-likeness (QED) is 0.659. The van der Waals surface area contributed by atoms with Crippen LogP contribution in [0.1, 0.15) is 11.3 Å². The molecule has 0 radical (unpaired) electrons. The first-order chi connectivity index (χ1) is 14.0. The fourth-order valence-corrected chi connectivity index (χ4v) is 3.90. The second-order valence-electron chi connectivity index (χ2n) is 7.08. The summed E-state index contributed by atoms with van der Waals surface area (Å²) in [5.74, 6) is 1.59. The van der Waals surface area contributed by atoms with Gasteiger partial charge < -0.3 is 28.8 Å². The lowest BCUT2D eigenvalue weighted by Gasteiger charge is -2.21. The maximum Gasteiger partial charge on any atom is 0.201 e. The van der Waals surface area contributed by atoms with Crippen molar-refractivity contribution in [3.05, 3.63) is 58.0 Å². The lowest BCUT2D eigenvalue weighted by Crippen LogP contribution is -2.17. The molecule has 1 aromatic heterocycles. The molecule has 0 amide bonds. The molecule has 0 spiro atoms. The van der Waals surface area contributed by atoms with E-state index in [1.54, 1.807) is 18.2 Å². The van der Waals surface area contributed by atoms with Crippen molar-refractivity contribution in [1.29, 1.82) is 0 Å². The van der Waals surface area contributed by atoms with Gasteiger partial charge in [0.1, 0.15) is 29.8 Å². The van der Waals surface area contributed by atoms with Crippen LogP contribution in [0.25, 0.3) is 22.1 Å². The first-order valence-electron chi connectivity index (χ1n) is 9.12. The highest BCUT2D eigenvalue weighted by molar-refractivity contribution is 5.89. The van der Waals surface area contributed by atoms with Crippen LogP contribution in [0.4, 0.5) is 0 Å². The van der Waals surface area contributed by atoms with Crippen LogP contribution in [0.5, 0.6) is 23.0 Å². The van der Waals surface area contributed by atoms with Gasteiger partial charge in [-0.05, 0) is 23.8 Å². The van der Waals surface area contributed by atoms with Crippen molar-refractivity contribution in [3.8, 4) is 34.1 Å². The number of hydrogen-bond donors (Lipinski definition) is 2. The van der Waals surface area contributed by atoms with Crippen LogP contribution in [0.15, 0.2) is 45.6 Å². The van der Waals surface area contributed by atoms with Crippen molar-refractivity contribution in [3.63, 3.8) is 0 Å². The number of rotatable bonds is 3. The van der Waals surface area contributed by atoms with Gasteiger partial charge in [-0.3, -0.25) is 4.79 Å². The fraction of sp³-hybridized carbons (Fsp3) is 0.227. The summed E-state index contributed by atoms with van der Waals surface area (Å²) in [4.78, 5) is 13.4. The lowest BCUT2D eigenvalue weighted by molar-refractivity contribution is 0.234. The number of phenolic OH excluding ortho intramolecular Hbond substituents is 1. The summed E-state index contributed by atoms with van der Waals surface area (Å²) in [6, 6.07) is 6.42. The van der Waals surface area contributed by atoms with Gasteiger partial charge in [0.05, 0.1) is 24.7 Å². The third kappa shape index (κ3) is 2.51. The molecule has 1 atom stereocenters. The molecular weight excluding hydrogens is 376 g/mol. The van der Waals surface area contributed by atoms with Gasteiger partial charge in [0.15, 0.2) is 17.3 Å². The Labute approximate surface area is 165 Å². The number of aliphatic hydroxyl groups is 1. The second-order valence-corrected chi connectivity index (χ2v) is 7.08. The summed E-state index contributed by atoms with van der Waals surface area (Å²) in [5.41, 5.74) is 2.52. The van der Waals surface area contributed by atoms with E-state index in [0.29, 0.717) is 51.3 Å². The zero-order chi connectivity index (χ0) is 20.3. The van der Waals surface area contributed by atoms with Crippen molar-refractivity contribution in [2.24, 2.45) is 0 Å². The van der Waals surface area contributed by atoms with Crippen molar-refractivity contribution in [2.45, 2.75) is 19.1 Å². The lowest BCUT2D eigenvalue weighted by atomic mass is 9.97. The number of methoxy groups -OCH3 is 1. The summed E-state index contributed by atoms with van der Waals surface area (Å²) >= 11 is 0. The van der Waals surface area contributed by atoms with Gasteiger partial charge in [-0.25, -0.2) is 0 Å². The molecule has 2 aliphatic heterocycles. The molecule has 0 saturated carbocycles. The highest BCUT2D eigenvalue weighted by Crippen LogP contribution is 2.44. The summed E-state index contributed by atoms with van der Waals surface area (Å²) in [6.45, 7) is 3.73. The number of aliphatic hydroxyl groups excluding tert-OH is 1. The highest BCUT2D eigenvalue weighted by atomic mass is 16.5. The Bertz CT molecular complexity index is 1240. The van der Waals surface area contributed by atoms with Crippen molar-refractivity contribution < 1.29 is 28.8 Å². The number of hydrogen-bond acceptors (Lipinski definition) is 7. The van der Waals surface area contributed by atoms with Gasteiger partial charge in [-0.15, -0.1) is 0 Å². The van der Waals surface area contributed by atoms with Crippen LogP contribution >= 0.6 is 0 Å². The Morgan fingerprint density at radius 1 is 1.31 bits per heavy atom. The molecule has 2 N–H and O–H groups in total. The minimum Gasteiger partial charge on any atom is -0.504 e. The normalized spacial score (nSPS) is 16.4. The zero-order valence-electron chi connectivity index (χ0n) is 15.7. The molecule has 0 bridgehead atoms. The summed E-state index contributed by atoms with van der Waals surface area (Å²) in [5, 5.41) is 19.8. The van der Waals surface area contributed by atoms with E-state index < -0.39 is 0 Å². The molecule has 7 heteroatoms. The van der Waals surface area contributed by atoms with Crippen LogP contribution in [0, 0.1) is 0 Å². The minimum absolute atomic E-state index is 0.0648. The zero-order valence-corrected chi connectivity index (χ0v) is 15.7. The molecule has 5 rings (SSSR count). The number of benzene rings is 2. The number of fused-ring (bicyclic) bond motifs is 6. The van der Waals surface area contributed by atoms with E-state index in [-0.39, 0.29) is 36.2 Å². The average molecular weight is 394 g/mol. The van der Waals surface area contributed by atoms with E-state index in [1.807, 2.05) is 0 Å². The van der Waals surface area contributed by atoms with Gasteiger partial charge in [0.2, 0.25) is 5.43 Å². The van der Waals surface area contributed by atoms with Gasteiger partial charge >= 0.3 is 0 Å². The van der Waals surface area contributed by atoms with E-state index >= 15 is 0 Å². The van der Waals surface area contributed by atoms with Crippen molar-refractivity contribution in [1.82, 2.24) is 0 Å². The predicted octanol–water partition coefficient (Wildman–Crippen LogP) is 2.92. The van der Waals surface area contributed by atoms with E-state index in [1.165, 1.54) is 13.2 Å². The standard InChI is InChI=1S/C22H18O7/c1-10(8-23)16-6-13-15(28-16)4-3-11-21(25)20-12-5-18(26-2)14(24)7-17(12)27-9-19(20)29-22(11)13/h3-5,7,16,23-24H,1,6,8-9H2,2H3. The third-order valence-corrected chi connectivity index (χ3v) is 5.42. The molecule has 3 aromatic rings. The predicted molar refractivity (Wildman–Crippen MR) is 105 cm³/mol. The molecule has 148 valence electrons. The first-order valence-corrected chi connectivity index (χ1v) is 9.12. The van der Waals surface area contributed by atoms with Gasteiger partial charge in [-0.2, -0.15) is 0 Å². The molecule has 0 aliphatic carbocycles. The SMILES string of the molecule is C=C(CO)C1Cc2c(ccc3c(=O)c4c(oc23)COc2cc(O)c(OC)cc2-4)O1. The van der Waals surface area contributed by atoms with Crippen LogP contribution in [0.3, 0.4) is 0 Å². The van der Waals surface area contributed by atoms with Gasteiger partial charge in [0.25, 0.3) is 0 Å². The Balaban J connectivity index is 1.72. The van der Waals surface area contributed by atoms with Crippen LogP contribution in [-0.2, 0) is 13.0 Å². The average Bonchev–Trinajstić information content (AvgIpc) is 3.17. The molecule has 29 heavy (non-hydrogen) atoms. The molecular formula is C22H18O7. The van der Waals surface area contributed by atoms with E-state index in [4.69, 9.17) is 18.6 Å². The summed E-state index contributed by atoms with van der Waals surface area (Å²) < 4.78 is 22.9. The van der Waals surface area contributed by atoms with E-state index in [0.717, 1.165) is 5.56 Å². The van der Waals surface area contributed by atoms with E-state index in [2.05, 4.69) is 6.58 Å². The largest absolute Gasteiger partial charge is 0.504 e. The maximum atomic E-state index is 13.4. The molecule has 3 heterocycles. The molecule has 1 unspecified atom stereocenters. The van der Waals surface area contributed by atoms with Crippen molar-refractivity contribution >= 4 is 11.0 Å². The fourth-order valence-electron chi connectivity index (χ4n) is 3.90. The van der Waals surface area contributed by atoms with Crippen LogP contribution in [0.2, 0.25) is 0 Å². The van der Waals surface area contributed by atoms with Crippen LogP contribution < -0.4 is 19.6 Å². The number of phenols is 1. The van der Waals surface area contributed by atoms with Crippen LogP contribution in [-0.4, -0.2) is 30.0 Å². The Morgan fingerprint density at radius 3 is 2.90 bits per heavy atom. The molecule has 2 aromatic carbocycles. The molecule has 2 aliphatic rings. The maximum absolute atomic E-state index is 13.4. The van der Waals surface area contributed by atoms with Crippen molar-refractivity contribution in [2.75, 3.05) is 13.7 Å².